The van der Waals surface area contributed by atoms with Crippen LogP contribution >= 0.6 is 11.6 Å². The molecule has 1 aliphatic rings. The lowest BCUT2D eigenvalue weighted by Gasteiger charge is -1.88. The van der Waals surface area contributed by atoms with Crippen LogP contribution in [0.3, 0.4) is 0 Å². The van der Waals surface area contributed by atoms with Crippen LogP contribution in [0.25, 0.3) is 0 Å². The molecule has 0 bridgehead atoms. The number of ether oxygens (including phenoxy) is 1. The topological polar surface area (TPSA) is 88.7 Å². The normalized spacial score (nSPS) is 16.1. The molecule has 1 unspecified atom stereocenters. The SMILES string of the molecule is CO.ClCC1CO1.NC(=O)c1cccnc1. The second-order valence-corrected chi connectivity index (χ2v) is 3.02. The number of halogens is 1. The number of carbonyl (C=O) groups is 1. The van der Waals surface area contributed by atoms with Crippen molar-refractivity contribution in [2.24, 2.45) is 5.73 Å². The fourth-order valence-electron chi connectivity index (χ4n) is 0.666. The summed E-state index contributed by atoms with van der Waals surface area (Å²) in [6, 6.07) is 3.29. The van der Waals surface area contributed by atoms with E-state index in [9.17, 15) is 4.79 Å². The highest BCUT2D eigenvalue weighted by Crippen LogP contribution is 2.08. The predicted octanol–water partition coefficient (Wildman–Crippen LogP) is 0.413. The quantitative estimate of drug-likeness (QED) is 0.584. The Balaban J connectivity index is 0.000000272. The number of aliphatic hydroxyl groups excluding tert-OH is 1. The molecule has 2 rings (SSSR count). The Kier molecular flexibility index (Phi) is 8.42. The van der Waals surface area contributed by atoms with Gasteiger partial charge in [-0.25, -0.2) is 0 Å². The van der Waals surface area contributed by atoms with E-state index in [1.165, 1.54) is 6.20 Å². The van der Waals surface area contributed by atoms with Gasteiger partial charge >= 0.3 is 0 Å². The first-order valence-electron chi connectivity index (χ1n) is 4.56. The molecule has 1 amide bonds. The second kappa shape index (κ2) is 9.08. The van der Waals surface area contributed by atoms with Crippen molar-refractivity contribution in [3.63, 3.8) is 0 Å². The molecule has 1 fully saturated rings. The number of nitrogens with two attached hydrogens (primary N) is 1. The minimum absolute atomic E-state index is 0.400. The number of primary amides is 1. The van der Waals surface area contributed by atoms with Crippen LogP contribution in [0.5, 0.6) is 0 Å². The van der Waals surface area contributed by atoms with Gasteiger partial charge in [-0.15, -0.1) is 11.6 Å². The van der Waals surface area contributed by atoms with Crippen molar-refractivity contribution in [3.05, 3.63) is 30.1 Å². The first kappa shape index (κ1) is 14.8. The maximum absolute atomic E-state index is 10.4. The van der Waals surface area contributed by atoms with E-state index in [1.54, 1.807) is 18.3 Å². The van der Waals surface area contributed by atoms with Gasteiger partial charge in [0.25, 0.3) is 0 Å². The summed E-state index contributed by atoms with van der Waals surface area (Å²) in [5.41, 5.74) is 5.38. The summed E-state index contributed by atoms with van der Waals surface area (Å²) in [5.74, 6) is 0.225. The number of hydrogen-bond acceptors (Lipinski definition) is 4. The second-order valence-electron chi connectivity index (χ2n) is 2.72. The van der Waals surface area contributed by atoms with Gasteiger partial charge in [-0.2, -0.15) is 0 Å². The highest BCUT2D eigenvalue weighted by Gasteiger charge is 2.19. The molecule has 0 aromatic carbocycles. The van der Waals surface area contributed by atoms with Crippen LogP contribution in [0.15, 0.2) is 24.5 Å². The van der Waals surface area contributed by atoms with Crippen molar-refractivity contribution in [1.29, 1.82) is 0 Å². The molecule has 6 heteroatoms. The average Bonchev–Trinajstić information content (AvgIpc) is 3.17. The van der Waals surface area contributed by atoms with Crippen LogP contribution < -0.4 is 5.73 Å². The van der Waals surface area contributed by atoms with Gasteiger partial charge in [-0.3, -0.25) is 9.78 Å². The predicted molar refractivity (Wildman–Crippen MR) is 61.4 cm³/mol. The average molecular weight is 247 g/mol. The molecule has 16 heavy (non-hydrogen) atoms. The van der Waals surface area contributed by atoms with Crippen LogP contribution in [-0.2, 0) is 4.74 Å². The van der Waals surface area contributed by atoms with Gasteiger partial charge < -0.3 is 15.6 Å². The van der Waals surface area contributed by atoms with Crippen LogP contribution in [0, 0.1) is 0 Å². The fraction of sp³-hybridized carbons (Fsp3) is 0.400. The largest absolute Gasteiger partial charge is 0.400 e. The molecule has 1 atom stereocenters. The third-order valence-electron chi connectivity index (χ3n) is 1.52. The summed E-state index contributed by atoms with van der Waals surface area (Å²) in [6.45, 7) is 0.878. The zero-order valence-electron chi connectivity index (χ0n) is 8.97. The Morgan fingerprint density at radius 3 is 2.56 bits per heavy atom. The van der Waals surface area contributed by atoms with Gasteiger partial charge in [0.1, 0.15) is 0 Å². The number of amides is 1. The van der Waals surface area contributed by atoms with Gasteiger partial charge in [0.15, 0.2) is 0 Å². The molecular formula is C10H15ClN2O3. The number of hydrogen-bond donors (Lipinski definition) is 2. The van der Waals surface area contributed by atoms with E-state index in [-0.39, 0.29) is 0 Å². The smallest absolute Gasteiger partial charge is 0.250 e. The van der Waals surface area contributed by atoms with E-state index in [1.807, 2.05) is 0 Å². The summed E-state index contributed by atoms with van der Waals surface area (Å²) < 4.78 is 4.73. The van der Waals surface area contributed by atoms with E-state index >= 15 is 0 Å². The zero-order valence-corrected chi connectivity index (χ0v) is 9.72. The van der Waals surface area contributed by atoms with Crippen molar-refractivity contribution in [3.8, 4) is 0 Å². The molecule has 90 valence electrons. The number of alkyl halides is 1. The Labute approximate surface area is 99.2 Å². The molecule has 0 saturated carbocycles. The summed E-state index contributed by atoms with van der Waals surface area (Å²) >= 11 is 5.27. The monoisotopic (exact) mass is 246 g/mol. The maximum Gasteiger partial charge on any atom is 0.250 e. The molecule has 1 aliphatic heterocycles. The van der Waals surface area contributed by atoms with E-state index < -0.39 is 5.91 Å². The molecule has 2 heterocycles. The van der Waals surface area contributed by atoms with E-state index in [2.05, 4.69) is 4.98 Å². The number of pyridine rings is 1. The standard InChI is InChI=1S/C6H6N2O.C3H5ClO.CH4O/c7-6(9)5-2-1-3-8-4-5;4-1-3-2-5-3;1-2/h1-4H,(H2,7,9);3H,1-2H2;2H,1H3. The van der Waals surface area contributed by atoms with Gasteiger partial charge in [0.2, 0.25) is 5.91 Å². The summed E-state index contributed by atoms with van der Waals surface area (Å²) in [4.78, 5) is 14.1. The Bertz CT molecular complexity index is 291. The summed E-state index contributed by atoms with van der Waals surface area (Å²) in [6.07, 6.45) is 3.42. The van der Waals surface area contributed by atoms with Crippen molar-refractivity contribution in [2.75, 3.05) is 19.6 Å². The molecule has 0 spiro atoms. The minimum atomic E-state index is -0.442. The van der Waals surface area contributed by atoms with Gasteiger partial charge in [0, 0.05) is 19.5 Å². The first-order chi connectivity index (χ1) is 7.74. The van der Waals surface area contributed by atoms with Crippen molar-refractivity contribution in [1.82, 2.24) is 4.98 Å². The lowest BCUT2D eigenvalue weighted by Crippen LogP contribution is -2.10. The zero-order chi connectivity index (χ0) is 12.4. The van der Waals surface area contributed by atoms with Crippen LogP contribution in [0.4, 0.5) is 0 Å². The summed E-state index contributed by atoms with van der Waals surface area (Å²) in [5, 5.41) is 7.00. The number of carbonyl (C=O) groups excluding carboxylic acids is 1. The molecule has 5 nitrogen and oxygen atoms in total. The van der Waals surface area contributed by atoms with E-state index in [0.29, 0.717) is 17.5 Å². The third kappa shape index (κ3) is 7.17. The summed E-state index contributed by atoms with van der Waals surface area (Å²) in [7, 11) is 1.00. The third-order valence-corrected chi connectivity index (χ3v) is 1.86. The van der Waals surface area contributed by atoms with Crippen molar-refractivity contribution >= 4 is 17.5 Å². The molecule has 0 aliphatic carbocycles. The minimum Gasteiger partial charge on any atom is -0.400 e. The molecule has 0 radical (unpaired) electrons. The number of epoxide rings is 1. The van der Waals surface area contributed by atoms with Crippen LogP contribution in [0.2, 0.25) is 0 Å². The highest BCUT2D eigenvalue weighted by molar-refractivity contribution is 6.18. The molecular weight excluding hydrogens is 232 g/mol. The van der Waals surface area contributed by atoms with Crippen LogP contribution in [-0.4, -0.2) is 41.7 Å². The van der Waals surface area contributed by atoms with Gasteiger partial charge in [-0.1, -0.05) is 0 Å². The number of rotatable bonds is 2. The fourth-order valence-corrected chi connectivity index (χ4v) is 0.844. The Morgan fingerprint density at radius 2 is 2.38 bits per heavy atom. The maximum atomic E-state index is 10.4. The van der Waals surface area contributed by atoms with Gasteiger partial charge in [0.05, 0.1) is 24.2 Å². The highest BCUT2D eigenvalue weighted by atomic mass is 35.5. The first-order valence-corrected chi connectivity index (χ1v) is 5.09. The number of aromatic nitrogens is 1. The lowest BCUT2D eigenvalue weighted by atomic mass is 10.3. The molecule has 3 N–H and O–H groups in total. The van der Waals surface area contributed by atoms with Crippen molar-refractivity contribution in [2.45, 2.75) is 6.10 Å². The van der Waals surface area contributed by atoms with E-state index in [4.69, 9.17) is 27.2 Å². The Morgan fingerprint density at radius 1 is 1.75 bits per heavy atom. The van der Waals surface area contributed by atoms with Gasteiger partial charge in [-0.05, 0) is 12.1 Å². The molecule has 1 aromatic rings. The Hall–Kier alpha value is -1.17. The van der Waals surface area contributed by atoms with E-state index in [0.717, 1.165) is 13.7 Å². The number of aliphatic hydroxyl groups is 1. The van der Waals surface area contributed by atoms with Crippen molar-refractivity contribution < 1.29 is 14.6 Å². The molecule has 1 aromatic heterocycles. The molecule has 1 saturated heterocycles. The lowest BCUT2D eigenvalue weighted by molar-refractivity contribution is 0.1000. The van der Waals surface area contributed by atoms with Crippen LogP contribution in [0.1, 0.15) is 10.4 Å². The number of nitrogens with zero attached hydrogens (tertiary/aromatic N) is 1.